The van der Waals surface area contributed by atoms with E-state index in [1.807, 2.05) is 58.0 Å². The van der Waals surface area contributed by atoms with E-state index >= 15 is 0 Å². The molecule has 3 aromatic rings. The van der Waals surface area contributed by atoms with Crippen LogP contribution in [0.3, 0.4) is 0 Å². The lowest BCUT2D eigenvalue weighted by atomic mass is 10.1. The van der Waals surface area contributed by atoms with E-state index in [2.05, 4.69) is 5.32 Å². The summed E-state index contributed by atoms with van der Waals surface area (Å²) < 4.78 is 28.7. The number of hydrogen-bond acceptors (Lipinski definition) is 4. The zero-order chi connectivity index (χ0) is 28.6. The van der Waals surface area contributed by atoms with E-state index in [1.165, 1.54) is 17.0 Å². The van der Waals surface area contributed by atoms with Crippen molar-refractivity contribution in [3.63, 3.8) is 0 Å². The third-order valence-corrected chi connectivity index (χ3v) is 8.55. The number of carbonyl (C=O) groups is 2. The van der Waals surface area contributed by atoms with Gasteiger partial charge in [-0.3, -0.25) is 13.9 Å². The Labute approximate surface area is 236 Å². The zero-order valence-corrected chi connectivity index (χ0v) is 24.4. The molecule has 1 N–H and O–H groups in total. The van der Waals surface area contributed by atoms with Crippen molar-refractivity contribution in [2.45, 2.75) is 57.5 Å². The van der Waals surface area contributed by atoms with Crippen molar-refractivity contribution in [1.29, 1.82) is 0 Å². The predicted molar refractivity (Wildman–Crippen MR) is 156 cm³/mol. The first-order valence-corrected chi connectivity index (χ1v) is 14.8. The zero-order valence-electron chi connectivity index (χ0n) is 22.8. The molecule has 9 heteroatoms. The van der Waals surface area contributed by atoms with Crippen LogP contribution in [0.25, 0.3) is 0 Å². The number of nitrogens with one attached hydrogen (secondary N) is 1. The fraction of sp³-hybridized carbons (Fsp3) is 0.333. The maximum atomic E-state index is 14.0. The van der Waals surface area contributed by atoms with Crippen molar-refractivity contribution in [1.82, 2.24) is 10.2 Å². The molecule has 0 radical (unpaired) electrons. The molecule has 0 unspecified atom stereocenters. The second-order valence-electron chi connectivity index (χ2n) is 9.67. The molecule has 0 fully saturated rings. The van der Waals surface area contributed by atoms with Gasteiger partial charge >= 0.3 is 0 Å². The Morgan fingerprint density at radius 2 is 1.56 bits per heavy atom. The van der Waals surface area contributed by atoms with Crippen LogP contribution in [0.15, 0.2) is 83.8 Å². The van der Waals surface area contributed by atoms with Crippen LogP contribution < -0.4 is 9.62 Å². The minimum absolute atomic E-state index is 0.0509. The van der Waals surface area contributed by atoms with E-state index in [0.29, 0.717) is 17.9 Å². The van der Waals surface area contributed by atoms with Gasteiger partial charge in [0.2, 0.25) is 11.8 Å². The lowest BCUT2D eigenvalue weighted by Crippen LogP contribution is -2.54. The highest BCUT2D eigenvalue weighted by Crippen LogP contribution is 2.28. The molecule has 0 aliphatic carbocycles. The molecule has 3 rings (SSSR count). The number of aryl methyl sites for hydroxylation is 1. The van der Waals surface area contributed by atoms with Gasteiger partial charge in [-0.25, -0.2) is 8.42 Å². The second-order valence-corrected chi connectivity index (χ2v) is 11.9. The monoisotopic (exact) mass is 569 g/mol. The van der Waals surface area contributed by atoms with E-state index in [0.717, 1.165) is 15.4 Å². The molecule has 39 heavy (non-hydrogen) atoms. The van der Waals surface area contributed by atoms with Gasteiger partial charge in [-0.2, -0.15) is 0 Å². The summed E-state index contributed by atoms with van der Waals surface area (Å²) in [7, 11) is -4.12. The topological polar surface area (TPSA) is 86.8 Å². The highest BCUT2D eigenvalue weighted by Gasteiger charge is 2.33. The lowest BCUT2D eigenvalue weighted by Gasteiger charge is -2.33. The Morgan fingerprint density at radius 3 is 2.13 bits per heavy atom. The molecule has 0 bridgehead atoms. The summed E-state index contributed by atoms with van der Waals surface area (Å²) in [6.45, 7) is 7.13. The number of rotatable bonds is 12. The third-order valence-electron chi connectivity index (χ3n) is 6.35. The molecule has 0 aliphatic heterocycles. The van der Waals surface area contributed by atoms with Crippen LogP contribution in [0.2, 0.25) is 5.02 Å². The highest BCUT2D eigenvalue weighted by molar-refractivity contribution is 7.92. The molecule has 0 heterocycles. The van der Waals surface area contributed by atoms with Gasteiger partial charge < -0.3 is 10.2 Å². The van der Waals surface area contributed by atoms with Gasteiger partial charge in [0.05, 0.1) is 10.6 Å². The highest BCUT2D eigenvalue weighted by atomic mass is 35.5. The summed E-state index contributed by atoms with van der Waals surface area (Å²) in [5, 5.41) is 3.29. The van der Waals surface area contributed by atoms with E-state index in [4.69, 9.17) is 11.6 Å². The Kier molecular flexibility index (Phi) is 10.5. The van der Waals surface area contributed by atoms with Crippen molar-refractivity contribution in [3.8, 4) is 0 Å². The van der Waals surface area contributed by atoms with E-state index < -0.39 is 28.5 Å². The van der Waals surface area contributed by atoms with E-state index in [1.54, 1.807) is 36.4 Å². The first kappa shape index (κ1) is 30.2. The Bertz CT molecular complexity index is 1370. The van der Waals surface area contributed by atoms with E-state index in [-0.39, 0.29) is 29.1 Å². The summed E-state index contributed by atoms with van der Waals surface area (Å²) in [5.41, 5.74) is 2.06. The minimum atomic E-state index is -4.12. The van der Waals surface area contributed by atoms with Gasteiger partial charge in [-0.05, 0) is 69.0 Å². The van der Waals surface area contributed by atoms with Crippen LogP contribution >= 0.6 is 11.6 Å². The van der Waals surface area contributed by atoms with Crippen molar-refractivity contribution >= 4 is 39.1 Å². The summed E-state index contributed by atoms with van der Waals surface area (Å²) in [6, 6.07) is 21.6. The number of sulfonamides is 1. The van der Waals surface area contributed by atoms with Crippen molar-refractivity contribution in [2.75, 3.05) is 17.4 Å². The number of hydrogen-bond donors (Lipinski definition) is 1. The van der Waals surface area contributed by atoms with Crippen molar-refractivity contribution in [3.05, 3.63) is 95.0 Å². The first-order valence-electron chi connectivity index (χ1n) is 13.0. The molecular weight excluding hydrogens is 534 g/mol. The Morgan fingerprint density at radius 1 is 0.949 bits per heavy atom. The Balaban J connectivity index is 2.02. The molecule has 2 amide bonds. The molecule has 0 saturated heterocycles. The quantitative estimate of drug-likeness (QED) is 0.324. The third kappa shape index (κ3) is 7.83. The number of anilines is 1. The number of nitrogens with zero attached hydrogens (tertiary/aromatic N) is 2. The Hall–Kier alpha value is -3.36. The number of carbonyl (C=O) groups excluding carboxylic acids is 2. The van der Waals surface area contributed by atoms with Gasteiger partial charge in [0.15, 0.2) is 0 Å². The standard InChI is InChI=1S/C30H36ClN3O4S/c1-5-28(30(36)32-22(2)3)33(19-18-24-12-8-6-9-13-24)29(35)21-34(25-17-16-23(4)27(31)20-25)39(37,38)26-14-10-7-11-15-26/h6-17,20,22,28H,5,18-19,21H2,1-4H3,(H,32,36)/t28-/m1/s1. The molecule has 0 spiro atoms. The minimum Gasteiger partial charge on any atom is -0.352 e. The lowest BCUT2D eigenvalue weighted by molar-refractivity contribution is -0.139. The molecular formula is C30H36ClN3O4S. The molecule has 7 nitrogen and oxygen atoms in total. The van der Waals surface area contributed by atoms with Crippen LogP contribution in [-0.4, -0.2) is 50.3 Å². The maximum Gasteiger partial charge on any atom is 0.264 e. The summed E-state index contributed by atoms with van der Waals surface area (Å²) in [4.78, 5) is 28.7. The van der Waals surface area contributed by atoms with Gasteiger partial charge in [0.25, 0.3) is 10.0 Å². The van der Waals surface area contributed by atoms with Crippen molar-refractivity contribution < 1.29 is 18.0 Å². The summed E-state index contributed by atoms with van der Waals surface area (Å²) in [5.74, 6) is -0.752. The number of halogens is 1. The normalized spacial score (nSPS) is 12.2. The van der Waals surface area contributed by atoms with Crippen LogP contribution in [-0.2, 0) is 26.0 Å². The van der Waals surface area contributed by atoms with E-state index in [9.17, 15) is 18.0 Å². The maximum absolute atomic E-state index is 14.0. The van der Waals surface area contributed by atoms with Crippen LogP contribution in [0.5, 0.6) is 0 Å². The van der Waals surface area contributed by atoms with Gasteiger partial charge in [-0.15, -0.1) is 0 Å². The fourth-order valence-corrected chi connectivity index (χ4v) is 5.86. The second kappa shape index (κ2) is 13.6. The molecule has 3 aromatic carbocycles. The SMILES string of the molecule is CC[C@H](C(=O)NC(C)C)N(CCc1ccccc1)C(=O)CN(c1ccc(C)c(Cl)c1)S(=O)(=O)c1ccccc1. The van der Waals surface area contributed by atoms with Gasteiger partial charge in [0, 0.05) is 17.6 Å². The average molecular weight is 570 g/mol. The van der Waals surface area contributed by atoms with Crippen LogP contribution in [0.1, 0.15) is 38.3 Å². The first-order chi connectivity index (χ1) is 18.5. The van der Waals surface area contributed by atoms with Crippen LogP contribution in [0, 0.1) is 6.92 Å². The number of amides is 2. The number of benzene rings is 3. The largest absolute Gasteiger partial charge is 0.352 e. The predicted octanol–water partition coefficient (Wildman–Crippen LogP) is 5.22. The average Bonchev–Trinajstić information content (AvgIpc) is 2.91. The van der Waals surface area contributed by atoms with Gasteiger partial charge in [0.1, 0.15) is 12.6 Å². The van der Waals surface area contributed by atoms with Gasteiger partial charge in [-0.1, -0.05) is 73.1 Å². The molecule has 0 aromatic heterocycles. The van der Waals surface area contributed by atoms with Crippen molar-refractivity contribution in [2.24, 2.45) is 0 Å². The smallest absolute Gasteiger partial charge is 0.264 e. The van der Waals surface area contributed by atoms with Crippen LogP contribution in [0.4, 0.5) is 5.69 Å². The molecule has 1 atom stereocenters. The fourth-order valence-electron chi connectivity index (χ4n) is 4.26. The molecule has 0 aliphatic rings. The summed E-state index contributed by atoms with van der Waals surface area (Å²) >= 11 is 6.36. The molecule has 0 saturated carbocycles. The summed E-state index contributed by atoms with van der Waals surface area (Å²) in [6.07, 6.45) is 0.890. The molecule has 208 valence electrons.